The van der Waals surface area contributed by atoms with Crippen molar-refractivity contribution in [3.8, 4) is 0 Å². The number of rotatable bonds is 4. The molecule has 4 rings (SSSR count). The molecule has 26 heavy (non-hydrogen) atoms. The lowest BCUT2D eigenvalue weighted by Gasteiger charge is -2.23. The zero-order valence-corrected chi connectivity index (χ0v) is 15.6. The third-order valence-corrected chi connectivity index (χ3v) is 5.38. The molecule has 1 aliphatic rings. The van der Waals surface area contributed by atoms with Gasteiger partial charge in [-0.3, -0.25) is 9.59 Å². The van der Waals surface area contributed by atoms with E-state index in [1.54, 1.807) is 29.5 Å². The molecule has 0 spiro atoms. The number of hydrogen-bond donors (Lipinski definition) is 2. The van der Waals surface area contributed by atoms with Gasteiger partial charge in [-0.25, -0.2) is 0 Å². The van der Waals surface area contributed by atoms with E-state index in [-0.39, 0.29) is 11.8 Å². The Balaban J connectivity index is 1.53. The molecule has 1 aromatic carbocycles. The number of nitrogens with one attached hydrogen (secondary N) is 2. The van der Waals surface area contributed by atoms with E-state index in [1.807, 2.05) is 18.2 Å². The number of carbonyl (C=O) groups is 2. The second-order valence-electron chi connectivity index (χ2n) is 6.32. The molecular formula is C19H18BrN3O3. The predicted octanol–water partition coefficient (Wildman–Crippen LogP) is 3.44. The first-order valence-electron chi connectivity index (χ1n) is 8.52. The number of amides is 2. The topological polar surface area (TPSA) is 78.3 Å². The van der Waals surface area contributed by atoms with E-state index < -0.39 is 6.04 Å². The van der Waals surface area contributed by atoms with E-state index in [1.165, 1.54) is 0 Å². The van der Waals surface area contributed by atoms with Gasteiger partial charge in [0.05, 0.1) is 18.4 Å². The smallest absolute Gasteiger partial charge is 0.256 e. The Hall–Kier alpha value is -2.54. The summed E-state index contributed by atoms with van der Waals surface area (Å²) in [4.78, 5) is 30.5. The molecule has 0 aliphatic carbocycles. The van der Waals surface area contributed by atoms with Gasteiger partial charge in [0, 0.05) is 28.1 Å². The van der Waals surface area contributed by atoms with Gasteiger partial charge in [-0.15, -0.1) is 0 Å². The molecule has 1 atom stereocenters. The molecule has 1 saturated heterocycles. The summed E-state index contributed by atoms with van der Waals surface area (Å²) in [5, 5.41) is 3.71. The number of halogens is 1. The van der Waals surface area contributed by atoms with Crippen molar-refractivity contribution < 1.29 is 14.0 Å². The Morgan fingerprint density at radius 2 is 2.19 bits per heavy atom. The minimum absolute atomic E-state index is 0.126. The van der Waals surface area contributed by atoms with E-state index in [0.717, 1.165) is 21.8 Å². The summed E-state index contributed by atoms with van der Waals surface area (Å²) < 4.78 is 6.10. The molecule has 3 heterocycles. The number of furan rings is 1. The summed E-state index contributed by atoms with van der Waals surface area (Å²) >= 11 is 3.51. The first-order valence-corrected chi connectivity index (χ1v) is 9.31. The molecule has 0 unspecified atom stereocenters. The van der Waals surface area contributed by atoms with E-state index in [9.17, 15) is 9.59 Å². The number of aromatic amines is 1. The second-order valence-corrected chi connectivity index (χ2v) is 7.17. The van der Waals surface area contributed by atoms with Crippen LogP contribution in [0.1, 0.15) is 29.0 Å². The molecular weight excluding hydrogens is 398 g/mol. The molecule has 134 valence electrons. The fraction of sp³-hybridized carbons (Fsp3) is 0.263. The third-order valence-electron chi connectivity index (χ3n) is 4.72. The number of H-pyrrole nitrogens is 1. The molecule has 1 fully saturated rings. The number of carbonyl (C=O) groups excluding carboxylic acids is 2. The van der Waals surface area contributed by atoms with Crippen molar-refractivity contribution in [2.45, 2.75) is 25.4 Å². The molecule has 1 aliphatic heterocycles. The maximum Gasteiger partial charge on any atom is 0.256 e. The molecule has 0 bridgehead atoms. The highest BCUT2D eigenvalue weighted by atomic mass is 79.9. The molecule has 3 aromatic rings. The van der Waals surface area contributed by atoms with E-state index in [0.29, 0.717) is 30.8 Å². The minimum Gasteiger partial charge on any atom is -0.467 e. The summed E-state index contributed by atoms with van der Waals surface area (Å²) in [5.74, 6) is 0.416. The van der Waals surface area contributed by atoms with Crippen LogP contribution in [0.3, 0.4) is 0 Å². The highest BCUT2D eigenvalue weighted by Gasteiger charge is 2.35. The Kier molecular flexibility index (Phi) is 4.55. The van der Waals surface area contributed by atoms with Crippen LogP contribution < -0.4 is 5.32 Å². The van der Waals surface area contributed by atoms with E-state index >= 15 is 0 Å². The van der Waals surface area contributed by atoms with Crippen molar-refractivity contribution in [1.29, 1.82) is 0 Å². The molecule has 0 saturated carbocycles. The van der Waals surface area contributed by atoms with Crippen molar-refractivity contribution in [3.63, 3.8) is 0 Å². The predicted molar refractivity (Wildman–Crippen MR) is 101 cm³/mol. The quantitative estimate of drug-likeness (QED) is 0.684. The molecule has 7 heteroatoms. The largest absolute Gasteiger partial charge is 0.467 e. The van der Waals surface area contributed by atoms with Gasteiger partial charge < -0.3 is 19.6 Å². The fourth-order valence-electron chi connectivity index (χ4n) is 3.45. The zero-order valence-electron chi connectivity index (χ0n) is 14.0. The van der Waals surface area contributed by atoms with Crippen molar-refractivity contribution in [2.75, 3.05) is 6.54 Å². The number of likely N-dealkylation sites (tertiary alicyclic amines) is 1. The summed E-state index contributed by atoms with van der Waals surface area (Å²) in [5.41, 5.74) is 1.47. The van der Waals surface area contributed by atoms with Crippen LogP contribution in [-0.2, 0) is 11.3 Å². The minimum atomic E-state index is -0.454. The van der Waals surface area contributed by atoms with Gasteiger partial charge in [0.15, 0.2) is 0 Å². The van der Waals surface area contributed by atoms with Crippen LogP contribution >= 0.6 is 15.9 Å². The number of benzene rings is 1. The van der Waals surface area contributed by atoms with Crippen molar-refractivity contribution in [2.24, 2.45) is 0 Å². The van der Waals surface area contributed by atoms with E-state index in [2.05, 4.69) is 26.2 Å². The molecule has 0 radical (unpaired) electrons. The lowest BCUT2D eigenvalue weighted by molar-refractivity contribution is -0.125. The van der Waals surface area contributed by atoms with Crippen LogP contribution in [0.2, 0.25) is 0 Å². The molecule has 2 aromatic heterocycles. The monoisotopic (exact) mass is 415 g/mol. The van der Waals surface area contributed by atoms with Crippen LogP contribution in [0.25, 0.3) is 10.9 Å². The maximum atomic E-state index is 13.1. The van der Waals surface area contributed by atoms with Gasteiger partial charge in [0.2, 0.25) is 5.91 Å². The average molecular weight is 416 g/mol. The second kappa shape index (κ2) is 6.99. The summed E-state index contributed by atoms with van der Waals surface area (Å²) in [6.45, 7) is 0.901. The van der Waals surface area contributed by atoms with Gasteiger partial charge >= 0.3 is 0 Å². The fourth-order valence-corrected chi connectivity index (χ4v) is 4.03. The number of aromatic nitrogens is 1. The Bertz CT molecular complexity index is 948. The number of nitrogens with zero attached hydrogens (tertiary/aromatic N) is 1. The SMILES string of the molecule is O=C(NCc1ccco1)[C@H]1CCCN1C(=O)c1c[nH]c2cccc(Br)c12. The van der Waals surface area contributed by atoms with Crippen LogP contribution in [0, 0.1) is 0 Å². The normalized spacial score (nSPS) is 17.0. The Morgan fingerprint density at radius 1 is 1.31 bits per heavy atom. The Labute approximate surface area is 158 Å². The van der Waals surface area contributed by atoms with Crippen LogP contribution in [-0.4, -0.2) is 34.3 Å². The van der Waals surface area contributed by atoms with E-state index in [4.69, 9.17) is 4.42 Å². The van der Waals surface area contributed by atoms with Gasteiger partial charge in [-0.05, 0) is 37.1 Å². The number of hydrogen-bond acceptors (Lipinski definition) is 3. The van der Waals surface area contributed by atoms with Gasteiger partial charge in [-0.2, -0.15) is 0 Å². The number of fused-ring (bicyclic) bond motifs is 1. The van der Waals surface area contributed by atoms with Crippen molar-refractivity contribution in [1.82, 2.24) is 15.2 Å². The zero-order chi connectivity index (χ0) is 18.1. The van der Waals surface area contributed by atoms with Crippen molar-refractivity contribution in [3.05, 3.63) is 58.6 Å². The lowest BCUT2D eigenvalue weighted by Crippen LogP contribution is -2.45. The van der Waals surface area contributed by atoms with Crippen LogP contribution in [0.15, 0.2) is 51.7 Å². The average Bonchev–Trinajstić information content (AvgIpc) is 3.39. The Morgan fingerprint density at radius 3 is 3.00 bits per heavy atom. The summed E-state index contributed by atoms with van der Waals surface area (Å²) in [7, 11) is 0. The first-order chi connectivity index (χ1) is 12.6. The molecule has 2 amide bonds. The standard InChI is InChI=1S/C19H18BrN3O3/c20-14-5-1-6-15-17(14)13(11-21-15)19(25)23-8-2-7-16(23)18(24)22-10-12-4-3-9-26-12/h1,3-6,9,11,16,21H,2,7-8,10H2,(H,22,24)/t16-/m1/s1. The van der Waals surface area contributed by atoms with Gasteiger partial charge in [0.1, 0.15) is 11.8 Å². The highest BCUT2D eigenvalue weighted by molar-refractivity contribution is 9.10. The summed E-state index contributed by atoms with van der Waals surface area (Å²) in [6.07, 6.45) is 4.77. The first kappa shape index (κ1) is 16.9. The molecule has 2 N–H and O–H groups in total. The third kappa shape index (κ3) is 3.03. The lowest BCUT2D eigenvalue weighted by atomic mass is 10.1. The van der Waals surface area contributed by atoms with Gasteiger partial charge in [-0.1, -0.05) is 22.0 Å². The highest BCUT2D eigenvalue weighted by Crippen LogP contribution is 2.29. The maximum absolute atomic E-state index is 13.1. The van der Waals surface area contributed by atoms with Crippen molar-refractivity contribution >= 4 is 38.6 Å². The summed E-state index contributed by atoms with van der Waals surface area (Å²) in [6, 6.07) is 8.88. The van der Waals surface area contributed by atoms with Crippen LogP contribution in [0.5, 0.6) is 0 Å². The van der Waals surface area contributed by atoms with Gasteiger partial charge in [0.25, 0.3) is 5.91 Å². The van der Waals surface area contributed by atoms with Crippen LogP contribution in [0.4, 0.5) is 0 Å². The molecule has 6 nitrogen and oxygen atoms in total.